The Hall–Kier alpha value is -1.78. The zero-order valence-corrected chi connectivity index (χ0v) is 14.9. The maximum atomic E-state index is 12.1. The van der Waals surface area contributed by atoms with Crippen molar-refractivity contribution in [2.24, 2.45) is 0 Å². The smallest absolute Gasteiger partial charge is 0.455 e. The molecule has 0 aliphatic carbocycles. The molecule has 144 valence electrons. The lowest BCUT2D eigenvalue weighted by atomic mass is 10.1. The minimum atomic E-state index is -4.70. The number of aromatic nitrogens is 2. The number of anilines is 1. The van der Waals surface area contributed by atoms with Crippen LogP contribution in [-0.4, -0.2) is 45.7 Å². The molecule has 1 aromatic heterocycles. The van der Waals surface area contributed by atoms with E-state index in [9.17, 15) is 9.36 Å². The zero-order valence-electron chi connectivity index (χ0n) is 14.1. The number of fused-ring (bicyclic) bond motifs is 3. The van der Waals surface area contributed by atoms with Gasteiger partial charge in [-0.05, 0) is 6.42 Å². The van der Waals surface area contributed by atoms with E-state index in [1.54, 1.807) is 16.8 Å². The van der Waals surface area contributed by atoms with Crippen molar-refractivity contribution < 1.29 is 42.4 Å². The van der Waals surface area contributed by atoms with E-state index in [-0.39, 0.29) is 18.2 Å². The summed E-state index contributed by atoms with van der Waals surface area (Å²) in [6, 6.07) is 1.77. The Labute approximate surface area is 149 Å². The number of nitrogen functional groups attached to an aromatic ring is 1. The van der Waals surface area contributed by atoms with Crippen molar-refractivity contribution in [3.8, 4) is 6.01 Å². The molecule has 0 unspecified atom stereocenters. The molecule has 12 heteroatoms. The summed E-state index contributed by atoms with van der Waals surface area (Å²) in [5.74, 6) is -0.187. The first kappa shape index (κ1) is 19.0. The van der Waals surface area contributed by atoms with Crippen LogP contribution in [0.25, 0.3) is 0 Å². The summed E-state index contributed by atoms with van der Waals surface area (Å²) in [5, 5.41) is 0. The average Bonchev–Trinajstić information content (AvgIpc) is 3.06. The highest BCUT2D eigenvalue weighted by Gasteiger charge is 2.58. The van der Waals surface area contributed by atoms with Gasteiger partial charge in [0.05, 0.1) is 6.61 Å². The first-order valence-corrected chi connectivity index (χ1v) is 9.71. The summed E-state index contributed by atoms with van der Waals surface area (Å²) in [6.45, 7) is 1.49. The molecule has 1 saturated heterocycles. The number of carbonyl (C=O) groups is 1. The number of nitrogens with two attached hydrogens (primary N) is 1. The zero-order chi connectivity index (χ0) is 18.9. The maximum absolute atomic E-state index is 12.1. The van der Waals surface area contributed by atoms with Gasteiger partial charge in [0, 0.05) is 17.5 Å². The molecule has 11 nitrogen and oxygen atoms in total. The van der Waals surface area contributed by atoms with Gasteiger partial charge in [0.2, 0.25) is 18.1 Å². The van der Waals surface area contributed by atoms with E-state index >= 15 is 0 Å². The Morgan fingerprint density at radius 1 is 1.50 bits per heavy atom. The molecule has 3 heterocycles. The second-order valence-electron chi connectivity index (χ2n) is 6.03. The number of unbranched alkanes of at least 4 members (excludes halogenated alkanes) is 1. The molecule has 2 aliphatic heterocycles. The molecule has 0 bridgehead atoms. The van der Waals surface area contributed by atoms with Crippen LogP contribution in [0.3, 0.4) is 0 Å². The molecule has 1 aromatic rings. The molecular formula is C14H21N3O8P+. The first-order chi connectivity index (χ1) is 12.3. The van der Waals surface area contributed by atoms with Gasteiger partial charge in [-0.25, -0.2) is 4.57 Å². The summed E-state index contributed by atoms with van der Waals surface area (Å²) >= 11 is 0. The largest absolute Gasteiger partial charge is 0.503 e. The van der Waals surface area contributed by atoms with Crippen LogP contribution in [0.4, 0.5) is 5.82 Å². The monoisotopic (exact) mass is 390 g/mol. The van der Waals surface area contributed by atoms with E-state index in [2.05, 4.69) is 9.51 Å². The number of nitrogens with zero attached hydrogens (tertiary/aromatic N) is 2. The molecule has 0 spiro atoms. The third kappa shape index (κ3) is 4.13. The van der Waals surface area contributed by atoms with Crippen molar-refractivity contribution in [1.82, 2.24) is 4.98 Å². The second kappa shape index (κ2) is 7.45. The van der Waals surface area contributed by atoms with Gasteiger partial charge < -0.3 is 29.7 Å². The number of hydrogen-bond donors (Lipinski definition) is 3. The van der Waals surface area contributed by atoms with Gasteiger partial charge in [-0.15, -0.1) is 0 Å². The Kier molecular flexibility index (Phi) is 5.44. The third-order valence-corrected chi connectivity index (χ3v) is 4.55. The predicted molar refractivity (Wildman–Crippen MR) is 84.6 cm³/mol. The summed E-state index contributed by atoms with van der Waals surface area (Å²) in [7, 11) is -4.70. The van der Waals surface area contributed by atoms with Crippen LogP contribution in [0.2, 0.25) is 0 Å². The van der Waals surface area contributed by atoms with E-state index in [0.717, 1.165) is 6.42 Å². The Balaban J connectivity index is 1.77. The summed E-state index contributed by atoms with van der Waals surface area (Å²) in [4.78, 5) is 33.9. The van der Waals surface area contributed by atoms with Crippen LogP contribution < -0.4 is 15.0 Å². The minimum Gasteiger partial charge on any atom is -0.455 e. The summed E-state index contributed by atoms with van der Waals surface area (Å²) in [6.07, 6.45) is 0.131. The average molecular weight is 390 g/mol. The van der Waals surface area contributed by atoms with E-state index in [4.69, 9.17) is 29.7 Å². The lowest BCUT2D eigenvalue weighted by Gasteiger charge is -2.21. The Morgan fingerprint density at radius 2 is 2.27 bits per heavy atom. The number of hydrogen-bond acceptors (Lipinski definition) is 8. The fourth-order valence-electron chi connectivity index (χ4n) is 2.86. The van der Waals surface area contributed by atoms with E-state index < -0.39 is 44.9 Å². The van der Waals surface area contributed by atoms with Crippen molar-refractivity contribution in [2.75, 3.05) is 12.3 Å². The van der Waals surface area contributed by atoms with Crippen molar-refractivity contribution in [3.05, 3.63) is 12.3 Å². The number of ether oxygens (including phenoxy) is 3. The molecule has 1 fully saturated rings. The maximum Gasteiger partial charge on any atom is 0.503 e. The molecule has 2 aliphatic rings. The highest BCUT2D eigenvalue weighted by Crippen LogP contribution is 2.40. The Morgan fingerprint density at radius 3 is 2.96 bits per heavy atom. The standard InChI is InChI=1S/C14H20N3O8P/c1-2-3-4-10(18)24-11-8(7-22-26(19,20)21)23-13-12(11)25-14-16-9(15)5-6-17(13)14/h5-6,8,11-13,15H,2-4,7H2,1H3,(H2,19,20,21)/p+1/t8-,11-,12-,13-/m1/s1. The Bertz CT molecular complexity index is 726. The number of phosphoric acid groups is 1. The van der Waals surface area contributed by atoms with Gasteiger partial charge in [0.15, 0.2) is 6.10 Å². The van der Waals surface area contributed by atoms with Crippen LogP contribution in [0.5, 0.6) is 6.01 Å². The van der Waals surface area contributed by atoms with Crippen LogP contribution in [0.1, 0.15) is 32.4 Å². The number of esters is 1. The molecule has 0 aromatic carbocycles. The van der Waals surface area contributed by atoms with Crippen molar-refractivity contribution in [2.45, 2.75) is 50.7 Å². The van der Waals surface area contributed by atoms with Crippen LogP contribution >= 0.6 is 7.82 Å². The molecule has 0 radical (unpaired) electrons. The SMILES string of the molecule is CCCCC(=O)O[C@H]1[C@H]2Oc3nc(N)cc[n+]3[C@@H]2O[C@@H]1COP(=O)(O)O. The summed E-state index contributed by atoms with van der Waals surface area (Å²) in [5.41, 5.74) is 5.64. The van der Waals surface area contributed by atoms with Crippen LogP contribution in [0.15, 0.2) is 12.3 Å². The van der Waals surface area contributed by atoms with E-state index in [0.29, 0.717) is 6.42 Å². The third-order valence-electron chi connectivity index (χ3n) is 4.06. The summed E-state index contributed by atoms with van der Waals surface area (Å²) < 4.78 is 34.1. The van der Waals surface area contributed by atoms with E-state index in [1.165, 1.54) is 0 Å². The molecule has 4 atom stereocenters. The van der Waals surface area contributed by atoms with Gasteiger partial charge in [0.25, 0.3) is 0 Å². The van der Waals surface area contributed by atoms with Gasteiger partial charge in [-0.2, -0.15) is 4.57 Å². The fraction of sp³-hybridized carbons (Fsp3) is 0.643. The van der Waals surface area contributed by atoms with Crippen LogP contribution in [-0.2, 0) is 23.4 Å². The molecule has 3 rings (SSSR count). The van der Waals surface area contributed by atoms with Crippen molar-refractivity contribution >= 4 is 19.6 Å². The number of rotatable bonds is 7. The lowest BCUT2D eigenvalue weighted by Crippen LogP contribution is -2.41. The predicted octanol–water partition coefficient (Wildman–Crippen LogP) is -0.179. The molecular weight excluding hydrogens is 369 g/mol. The van der Waals surface area contributed by atoms with E-state index in [1.807, 2.05) is 6.92 Å². The van der Waals surface area contributed by atoms with Crippen LogP contribution in [0, 0.1) is 0 Å². The van der Waals surface area contributed by atoms with Gasteiger partial charge in [0.1, 0.15) is 12.3 Å². The number of carbonyl (C=O) groups excluding carboxylic acids is 1. The first-order valence-electron chi connectivity index (χ1n) is 8.18. The molecule has 0 saturated carbocycles. The lowest BCUT2D eigenvalue weighted by molar-refractivity contribution is -0.746. The van der Waals surface area contributed by atoms with Crippen molar-refractivity contribution in [3.63, 3.8) is 0 Å². The topological polar surface area (TPSA) is 154 Å². The quantitative estimate of drug-likeness (QED) is 0.324. The number of phosphoric ester groups is 1. The highest BCUT2D eigenvalue weighted by molar-refractivity contribution is 7.46. The van der Waals surface area contributed by atoms with Gasteiger partial charge in [-0.1, -0.05) is 13.3 Å². The fourth-order valence-corrected chi connectivity index (χ4v) is 3.21. The molecule has 0 amide bonds. The molecule has 26 heavy (non-hydrogen) atoms. The second-order valence-corrected chi connectivity index (χ2v) is 7.27. The van der Waals surface area contributed by atoms with Crippen molar-refractivity contribution in [1.29, 1.82) is 0 Å². The highest BCUT2D eigenvalue weighted by atomic mass is 31.2. The minimum absolute atomic E-state index is 0.212. The molecule has 4 N–H and O–H groups in total. The van der Waals surface area contributed by atoms with Gasteiger partial charge in [-0.3, -0.25) is 9.32 Å². The normalized spacial score (nSPS) is 26.9. The van der Waals surface area contributed by atoms with Gasteiger partial charge >= 0.3 is 19.8 Å².